The van der Waals surface area contributed by atoms with Gasteiger partial charge in [0.15, 0.2) is 0 Å². The van der Waals surface area contributed by atoms with Gasteiger partial charge in [0.05, 0.1) is 12.4 Å². The second kappa shape index (κ2) is 7.21. The van der Waals surface area contributed by atoms with Crippen molar-refractivity contribution in [2.75, 3.05) is 6.61 Å². The van der Waals surface area contributed by atoms with Crippen LogP contribution in [0.5, 0.6) is 5.75 Å². The molecule has 0 atom stereocenters. The highest BCUT2D eigenvalue weighted by Gasteiger charge is 2.29. The van der Waals surface area contributed by atoms with Crippen molar-refractivity contribution < 1.29 is 22.1 Å². The second-order valence-corrected chi connectivity index (χ2v) is 4.24. The highest BCUT2D eigenvalue weighted by molar-refractivity contribution is 6.74. The van der Waals surface area contributed by atoms with Crippen molar-refractivity contribution in [3.8, 4) is 5.75 Å². The molecule has 6 heteroatoms. The van der Waals surface area contributed by atoms with Crippen molar-refractivity contribution in [1.29, 1.82) is 0 Å². The molecule has 0 spiro atoms. The maximum Gasteiger partial charge on any atom is 0.513 e. The molecule has 106 valence electrons. The maximum atomic E-state index is 13.0. The SMILES string of the molecule is C=CCCCCCOc1cc(F)ccc1[B-](F)(F)F. The summed E-state index contributed by atoms with van der Waals surface area (Å²) in [6.45, 7) is -1.46. The predicted octanol–water partition coefficient (Wildman–Crippen LogP) is 4.01. The smallest absolute Gasteiger partial charge is 0.496 e. The van der Waals surface area contributed by atoms with E-state index in [1.807, 2.05) is 0 Å². The van der Waals surface area contributed by atoms with Crippen LogP contribution in [-0.4, -0.2) is 13.6 Å². The fraction of sp³-hybridized carbons (Fsp3) is 0.385. The van der Waals surface area contributed by atoms with Crippen LogP contribution in [0.15, 0.2) is 30.9 Å². The number of benzene rings is 1. The summed E-state index contributed by atoms with van der Waals surface area (Å²) < 4.78 is 56.1. The van der Waals surface area contributed by atoms with Crippen LogP contribution in [-0.2, 0) is 0 Å². The first-order valence-electron chi connectivity index (χ1n) is 6.18. The molecule has 1 rings (SSSR count). The molecule has 0 N–H and O–H groups in total. The Hall–Kier alpha value is -1.46. The molecule has 1 aromatic carbocycles. The number of allylic oxidation sites excluding steroid dienone is 1. The van der Waals surface area contributed by atoms with Crippen LogP contribution >= 0.6 is 0 Å². The molecule has 0 bridgehead atoms. The first kappa shape index (κ1) is 15.6. The predicted molar refractivity (Wildman–Crippen MR) is 69.3 cm³/mol. The van der Waals surface area contributed by atoms with Crippen LogP contribution in [0, 0.1) is 5.82 Å². The van der Waals surface area contributed by atoms with E-state index >= 15 is 0 Å². The number of hydrogen-bond donors (Lipinski definition) is 0. The molecule has 1 aromatic rings. The topological polar surface area (TPSA) is 9.23 Å². The van der Waals surface area contributed by atoms with Crippen LogP contribution in [0.1, 0.15) is 25.7 Å². The van der Waals surface area contributed by atoms with Gasteiger partial charge in [0.25, 0.3) is 0 Å². The lowest BCUT2D eigenvalue weighted by molar-refractivity contribution is 0.305. The van der Waals surface area contributed by atoms with Gasteiger partial charge in [-0.3, -0.25) is 0 Å². The summed E-state index contributed by atoms with van der Waals surface area (Å²) in [6, 6.07) is 2.30. The van der Waals surface area contributed by atoms with Gasteiger partial charge in [-0.05, 0) is 31.7 Å². The first-order valence-corrected chi connectivity index (χ1v) is 6.18. The molecule has 0 heterocycles. The maximum absolute atomic E-state index is 13.0. The molecule has 0 saturated carbocycles. The van der Waals surface area contributed by atoms with E-state index in [9.17, 15) is 17.3 Å². The molecule has 0 aromatic heterocycles. The normalized spacial score (nSPS) is 11.4. The van der Waals surface area contributed by atoms with E-state index in [1.165, 1.54) is 0 Å². The van der Waals surface area contributed by atoms with E-state index in [0.29, 0.717) is 6.42 Å². The van der Waals surface area contributed by atoms with Crippen molar-refractivity contribution in [2.24, 2.45) is 0 Å². The van der Waals surface area contributed by atoms with Crippen molar-refractivity contribution in [3.63, 3.8) is 0 Å². The third-order valence-electron chi connectivity index (χ3n) is 2.64. The standard InChI is InChI=1S/C13H16BF4O/c1-2-3-4-5-6-9-19-13-10-11(15)7-8-12(13)14(16,17)18/h2,7-8,10H,1,3-6,9H2/q-1. The quantitative estimate of drug-likeness (QED) is 0.301. The average molecular weight is 275 g/mol. The zero-order chi connectivity index (χ0) is 14.3. The molecule has 0 amide bonds. The summed E-state index contributed by atoms with van der Waals surface area (Å²) in [6.07, 6.45) is 5.06. The van der Waals surface area contributed by atoms with Crippen LogP contribution in [0.25, 0.3) is 0 Å². The van der Waals surface area contributed by atoms with E-state index < -0.39 is 24.0 Å². The molecular formula is C13H16BF4O-. The van der Waals surface area contributed by atoms with E-state index in [-0.39, 0.29) is 6.61 Å². The monoisotopic (exact) mass is 275 g/mol. The summed E-state index contributed by atoms with van der Waals surface area (Å²) in [7, 11) is 0. The van der Waals surface area contributed by atoms with Gasteiger partial charge in [0.1, 0.15) is 5.82 Å². The second-order valence-electron chi connectivity index (χ2n) is 4.24. The Labute approximate surface area is 110 Å². The minimum atomic E-state index is -5.19. The minimum absolute atomic E-state index is 0.153. The summed E-state index contributed by atoms with van der Waals surface area (Å²) in [5, 5.41) is 0. The van der Waals surface area contributed by atoms with Gasteiger partial charge >= 0.3 is 6.98 Å². The molecular weight excluding hydrogens is 259 g/mol. The molecule has 0 saturated heterocycles. The Kier molecular flexibility index (Phi) is 5.92. The van der Waals surface area contributed by atoms with E-state index in [2.05, 4.69) is 6.58 Å². The number of rotatable bonds is 8. The molecule has 0 fully saturated rings. The van der Waals surface area contributed by atoms with Crippen LogP contribution < -0.4 is 10.2 Å². The number of halogens is 4. The van der Waals surface area contributed by atoms with Gasteiger partial charge in [-0.2, -0.15) is 0 Å². The fourth-order valence-electron chi connectivity index (χ4n) is 1.65. The lowest BCUT2D eigenvalue weighted by Crippen LogP contribution is -2.35. The van der Waals surface area contributed by atoms with Crippen molar-refractivity contribution in [1.82, 2.24) is 0 Å². The molecule has 0 radical (unpaired) electrons. The number of unbranched alkanes of at least 4 members (excludes halogenated alkanes) is 3. The first-order chi connectivity index (χ1) is 8.95. The summed E-state index contributed by atoms with van der Waals surface area (Å²) in [5.41, 5.74) is -0.882. The molecule has 0 unspecified atom stereocenters. The Morgan fingerprint density at radius 1 is 1.16 bits per heavy atom. The largest absolute Gasteiger partial charge is 0.513 e. The van der Waals surface area contributed by atoms with Crippen LogP contribution in [0.4, 0.5) is 17.3 Å². The highest BCUT2D eigenvalue weighted by atomic mass is 19.4. The van der Waals surface area contributed by atoms with Crippen molar-refractivity contribution >= 4 is 12.4 Å². The number of ether oxygens (including phenoxy) is 1. The Bertz CT molecular complexity index is 418. The zero-order valence-electron chi connectivity index (χ0n) is 10.5. The van der Waals surface area contributed by atoms with Gasteiger partial charge in [0, 0.05) is 6.07 Å². The summed E-state index contributed by atoms with van der Waals surface area (Å²) in [5.74, 6) is -1.15. The zero-order valence-corrected chi connectivity index (χ0v) is 10.5. The van der Waals surface area contributed by atoms with Gasteiger partial charge in [0.2, 0.25) is 0 Å². The fourth-order valence-corrected chi connectivity index (χ4v) is 1.65. The average Bonchev–Trinajstić information content (AvgIpc) is 2.32. The number of hydrogen-bond acceptors (Lipinski definition) is 1. The molecule has 19 heavy (non-hydrogen) atoms. The van der Waals surface area contributed by atoms with Crippen LogP contribution in [0.3, 0.4) is 0 Å². The third kappa shape index (κ3) is 5.36. The Morgan fingerprint density at radius 3 is 2.53 bits per heavy atom. The minimum Gasteiger partial charge on any atom is -0.496 e. The van der Waals surface area contributed by atoms with Crippen molar-refractivity contribution in [2.45, 2.75) is 25.7 Å². The Morgan fingerprint density at radius 2 is 1.89 bits per heavy atom. The van der Waals surface area contributed by atoms with E-state index in [4.69, 9.17) is 4.74 Å². The van der Waals surface area contributed by atoms with Crippen molar-refractivity contribution in [3.05, 3.63) is 36.7 Å². The summed E-state index contributed by atoms with van der Waals surface area (Å²) in [4.78, 5) is 0. The van der Waals surface area contributed by atoms with Gasteiger partial charge < -0.3 is 17.7 Å². The summed E-state index contributed by atoms with van der Waals surface area (Å²) >= 11 is 0. The van der Waals surface area contributed by atoms with E-state index in [1.54, 1.807) is 6.08 Å². The molecule has 0 aliphatic heterocycles. The van der Waals surface area contributed by atoms with Crippen LogP contribution in [0.2, 0.25) is 0 Å². The van der Waals surface area contributed by atoms with Gasteiger partial charge in [-0.25, -0.2) is 4.39 Å². The highest BCUT2D eigenvalue weighted by Crippen LogP contribution is 2.19. The lowest BCUT2D eigenvalue weighted by Gasteiger charge is -2.19. The third-order valence-corrected chi connectivity index (χ3v) is 2.64. The molecule has 1 nitrogen and oxygen atoms in total. The van der Waals surface area contributed by atoms with Gasteiger partial charge in [-0.15, -0.1) is 6.58 Å². The van der Waals surface area contributed by atoms with Gasteiger partial charge in [-0.1, -0.05) is 17.6 Å². The molecule has 0 aliphatic carbocycles. The lowest BCUT2D eigenvalue weighted by atomic mass is 9.79. The van der Waals surface area contributed by atoms with E-state index in [0.717, 1.165) is 37.5 Å². The Balaban J connectivity index is 2.57. The molecule has 0 aliphatic rings.